The summed E-state index contributed by atoms with van der Waals surface area (Å²) in [4.78, 5) is 13.3. The number of rotatable bonds is 11. The summed E-state index contributed by atoms with van der Waals surface area (Å²) in [6.45, 7) is 1.47. The molecule has 0 fully saturated rings. The van der Waals surface area contributed by atoms with Gasteiger partial charge in [-0.15, -0.1) is 0 Å². The first-order valence-electron chi connectivity index (χ1n) is 11.0. The molecule has 0 saturated heterocycles. The van der Waals surface area contributed by atoms with Gasteiger partial charge in [-0.25, -0.2) is 0 Å². The summed E-state index contributed by atoms with van der Waals surface area (Å²) in [5.74, 6) is -0.319. The number of carbonyl (C=O) groups is 1. The van der Waals surface area contributed by atoms with Crippen molar-refractivity contribution in [3.63, 3.8) is 0 Å². The molecule has 0 aromatic heterocycles. The molecule has 0 unspecified atom stereocenters. The van der Waals surface area contributed by atoms with Gasteiger partial charge >= 0.3 is 0 Å². The normalized spacial score (nSPS) is 10.7. The zero-order valence-electron chi connectivity index (χ0n) is 20.0. The van der Waals surface area contributed by atoms with Crippen molar-refractivity contribution in [2.24, 2.45) is 5.73 Å². The molecule has 0 heterocycles. The summed E-state index contributed by atoms with van der Waals surface area (Å²) in [5.41, 5.74) is 5.37. The van der Waals surface area contributed by atoms with Crippen LogP contribution in [0.3, 0.4) is 0 Å². The molecule has 0 aliphatic carbocycles. The fraction of sp³-hybridized carbons (Fsp3) is 0.222. The molecule has 180 valence electrons. The highest BCUT2D eigenvalue weighted by Crippen LogP contribution is 2.54. The minimum Gasteiger partial charge on any atom is -0.376 e. The van der Waals surface area contributed by atoms with Crippen LogP contribution in [0.4, 0.5) is 0 Å². The van der Waals surface area contributed by atoms with Crippen molar-refractivity contribution in [2.45, 2.75) is 0 Å². The lowest BCUT2D eigenvalue weighted by Crippen LogP contribution is -2.42. The Bertz CT molecular complexity index is 920. The van der Waals surface area contributed by atoms with E-state index in [1.807, 2.05) is 0 Å². The second-order valence-electron chi connectivity index (χ2n) is 7.74. The molecular formula is C27H35N4O2P. The Morgan fingerprint density at radius 1 is 0.882 bits per heavy atom. The van der Waals surface area contributed by atoms with E-state index in [1.54, 1.807) is 7.05 Å². The van der Waals surface area contributed by atoms with Gasteiger partial charge in [0.1, 0.15) is 23.2 Å². The van der Waals surface area contributed by atoms with Crippen LogP contribution in [0.5, 0.6) is 0 Å². The third kappa shape index (κ3) is 6.89. The molecule has 0 atom stereocenters. The smallest absolute Gasteiger partial charge is 0.239 e. The van der Waals surface area contributed by atoms with Crippen LogP contribution in [-0.2, 0) is 9.53 Å². The number of likely N-dealkylation sites (N-methyl/N-ethyl adjacent to an activating group) is 1. The highest BCUT2D eigenvalue weighted by molar-refractivity contribution is 7.95. The van der Waals surface area contributed by atoms with E-state index in [1.165, 1.54) is 20.8 Å². The zero-order valence-corrected chi connectivity index (χ0v) is 20.9. The van der Waals surface area contributed by atoms with Gasteiger partial charge in [-0.1, -0.05) is 54.6 Å². The van der Waals surface area contributed by atoms with E-state index in [4.69, 9.17) is 15.9 Å². The summed E-state index contributed by atoms with van der Waals surface area (Å²) in [5, 5.41) is 14.1. The fourth-order valence-electron chi connectivity index (χ4n) is 3.80. The maximum Gasteiger partial charge on any atom is 0.239 e. The number of hydrogen-bond acceptors (Lipinski definition) is 3. The second-order valence-corrected chi connectivity index (χ2v) is 11.4. The molecule has 0 aliphatic heterocycles. The zero-order chi connectivity index (χ0) is 23.5. The van der Waals surface area contributed by atoms with Crippen molar-refractivity contribution >= 4 is 35.0 Å². The SMILES string of the molecule is CN(CC(=O)NCCOCC[P+](c1ccccc1)(c1ccccc1)c1ccccc1)C(=N)N.[CH3-]. The summed E-state index contributed by atoms with van der Waals surface area (Å²) < 4.78 is 5.99. The number of nitrogens with two attached hydrogens (primary N) is 1. The highest BCUT2D eigenvalue weighted by atomic mass is 31.2. The molecule has 6 nitrogen and oxygen atoms in total. The Morgan fingerprint density at radius 2 is 1.32 bits per heavy atom. The van der Waals surface area contributed by atoms with Crippen LogP contribution in [0.1, 0.15) is 0 Å². The van der Waals surface area contributed by atoms with Crippen LogP contribution in [0, 0.1) is 12.8 Å². The number of amides is 1. The van der Waals surface area contributed by atoms with E-state index >= 15 is 0 Å². The standard InChI is InChI=1S/C26H31N4O2P.CH3/c1-30(26(27)28)21-25(31)29-17-18-32-19-20-33(22-11-5-2-6-12-22,23-13-7-3-8-14-23)24-15-9-4-10-16-24;/h2-16H,17-21H2,1H3,(H3-,27,28,29,31);1H3/q;-1/p+1. The van der Waals surface area contributed by atoms with E-state index in [0.29, 0.717) is 19.8 Å². The summed E-state index contributed by atoms with van der Waals surface area (Å²) in [6.07, 6.45) is 0.867. The Hall–Kier alpha value is -3.21. The molecule has 4 N–H and O–H groups in total. The molecule has 0 bridgehead atoms. The molecule has 0 aliphatic rings. The van der Waals surface area contributed by atoms with Crippen LogP contribution in [0.2, 0.25) is 0 Å². The highest BCUT2D eigenvalue weighted by Gasteiger charge is 2.44. The third-order valence-corrected chi connectivity index (χ3v) is 9.91. The molecule has 1 amide bonds. The van der Waals surface area contributed by atoms with Crippen LogP contribution in [0.25, 0.3) is 0 Å². The van der Waals surface area contributed by atoms with Crippen molar-refractivity contribution in [1.29, 1.82) is 5.41 Å². The number of nitrogens with zero attached hydrogens (tertiary/aromatic N) is 1. The van der Waals surface area contributed by atoms with Crippen molar-refractivity contribution < 1.29 is 9.53 Å². The molecule has 3 rings (SSSR count). The molecule has 3 aromatic carbocycles. The van der Waals surface area contributed by atoms with Crippen LogP contribution < -0.4 is 27.0 Å². The predicted octanol–water partition coefficient (Wildman–Crippen LogP) is 2.39. The van der Waals surface area contributed by atoms with Gasteiger partial charge in [0.2, 0.25) is 5.91 Å². The Balaban J connectivity index is 0.00000408. The molecule has 0 saturated carbocycles. The molecule has 3 aromatic rings. The van der Waals surface area contributed by atoms with Gasteiger partial charge in [-0.3, -0.25) is 10.2 Å². The van der Waals surface area contributed by atoms with Crippen LogP contribution in [0.15, 0.2) is 91.0 Å². The van der Waals surface area contributed by atoms with Gasteiger partial charge < -0.3 is 28.1 Å². The molecule has 0 spiro atoms. The van der Waals surface area contributed by atoms with Crippen molar-refractivity contribution in [2.75, 3.05) is 39.5 Å². The lowest BCUT2D eigenvalue weighted by molar-refractivity contribution is -0.121. The second kappa shape index (κ2) is 13.5. The Labute approximate surface area is 204 Å². The first-order chi connectivity index (χ1) is 16.0. The molecular weight excluding hydrogens is 443 g/mol. The van der Waals surface area contributed by atoms with Gasteiger partial charge in [0.05, 0.1) is 25.9 Å². The maximum atomic E-state index is 11.9. The topological polar surface area (TPSA) is 91.4 Å². The Morgan fingerprint density at radius 3 is 1.74 bits per heavy atom. The van der Waals surface area contributed by atoms with Gasteiger partial charge in [-0.05, 0) is 36.4 Å². The van der Waals surface area contributed by atoms with Crippen molar-refractivity contribution in [3.05, 3.63) is 98.4 Å². The van der Waals surface area contributed by atoms with Gasteiger partial charge in [0, 0.05) is 13.6 Å². The number of nitrogens with one attached hydrogen (secondary N) is 2. The molecule has 7 heteroatoms. The average Bonchev–Trinajstić information content (AvgIpc) is 2.85. The number of carbonyl (C=O) groups excluding carboxylic acids is 1. The van der Waals surface area contributed by atoms with E-state index in [-0.39, 0.29) is 25.8 Å². The van der Waals surface area contributed by atoms with Gasteiger partial charge in [0.25, 0.3) is 0 Å². The van der Waals surface area contributed by atoms with Crippen molar-refractivity contribution in [3.8, 4) is 0 Å². The number of hydrogen-bond donors (Lipinski definition) is 3. The van der Waals surface area contributed by atoms with Crippen LogP contribution >= 0.6 is 7.26 Å². The number of ether oxygens (including phenoxy) is 1. The largest absolute Gasteiger partial charge is 0.376 e. The summed E-state index contributed by atoms with van der Waals surface area (Å²) in [7, 11) is -0.298. The van der Waals surface area contributed by atoms with Gasteiger partial charge in [0.15, 0.2) is 5.96 Å². The van der Waals surface area contributed by atoms with E-state index in [2.05, 4.69) is 96.3 Å². The summed E-state index contributed by atoms with van der Waals surface area (Å²) in [6, 6.07) is 32.1. The quantitative estimate of drug-likeness (QED) is 0.130. The first-order valence-corrected chi connectivity index (χ1v) is 13.0. The third-order valence-electron chi connectivity index (χ3n) is 5.52. The monoisotopic (exact) mass is 478 g/mol. The average molecular weight is 479 g/mol. The Kier molecular flexibility index (Phi) is 10.7. The summed E-state index contributed by atoms with van der Waals surface area (Å²) >= 11 is 0. The lowest BCUT2D eigenvalue weighted by atomic mass is 10.4. The van der Waals surface area contributed by atoms with E-state index in [9.17, 15) is 4.79 Å². The first kappa shape index (κ1) is 27.0. The minimum absolute atomic E-state index is 0. The van der Waals surface area contributed by atoms with Gasteiger partial charge in [-0.2, -0.15) is 0 Å². The fourth-order valence-corrected chi connectivity index (χ4v) is 7.92. The van der Waals surface area contributed by atoms with E-state index < -0.39 is 7.26 Å². The maximum absolute atomic E-state index is 11.9. The van der Waals surface area contributed by atoms with Crippen LogP contribution in [-0.4, -0.2) is 56.3 Å². The number of guanidine groups is 1. The van der Waals surface area contributed by atoms with E-state index in [0.717, 1.165) is 6.16 Å². The lowest BCUT2D eigenvalue weighted by Gasteiger charge is -2.27. The number of benzene rings is 3. The van der Waals surface area contributed by atoms with Crippen molar-refractivity contribution in [1.82, 2.24) is 10.2 Å². The predicted molar refractivity (Wildman–Crippen MR) is 145 cm³/mol. The molecule has 0 radical (unpaired) electrons. The molecule has 34 heavy (non-hydrogen) atoms. The minimum atomic E-state index is -1.91.